The van der Waals surface area contributed by atoms with Crippen molar-refractivity contribution in [2.45, 2.75) is 38.8 Å². The molecule has 0 aliphatic heterocycles. The minimum Gasteiger partial charge on any atom is -0.497 e. The third-order valence-electron chi connectivity index (χ3n) is 2.85. The van der Waals surface area contributed by atoms with Gasteiger partial charge >= 0.3 is 6.09 Å². The fourth-order valence-electron chi connectivity index (χ4n) is 1.88. The molecule has 0 aliphatic carbocycles. The van der Waals surface area contributed by atoms with Gasteiger partial charge in [-0.2, -0.15) is 8.42 Å². The molecule has 0 radical (unpaired) electrons. The Labute approximate surface area is 143 Å². The number of rotatable bonds is 7. The van der Waals surface area contributed by atoms with Crippen LogP contribution in [-0.4, -0.2) is 46.1 Å². The van der Waals surface area contributed by atoms with Crippen molar-refractivity contribution in [3.8, 4) is 5.75 Å². The number of hydrogen-bond donors (Lipinski definition) is 1. The number of ether oxygens (including phenoxy) is 2. The first kappa shape index (κ1) is 20.2. The van der Waals surface area contributed by atoms with Crippen molar-refractivity contribution in [3.63, 3.8) is 0 Å². The van der Waals surface area contributed by atoms with Crippen LogP contribution in [-0.2, 0) is 25.5 Å². The van der Waals surface area contributed by atoms with Gasteiger partial charge < -0.3 is 14.8 Å². The Bertz CT molecular complexity index is 634. The number of carbonyl (C=O) groups is 1. The molecule has 1 amide bonds. The molecule has 0 saturated heterocycles. The van der Waals surface area contributed by atoms with Crippen LogP contribution in [0.4, 0.5) is 4.79 Å². The van der Waals surface area contributed by atoms with E-state index in [-0.39, 0.29) is 6.61 Å². The van der Waals surface area contributed by atoms with E-state index in [4.69, 9.17) is 13.7 Å². The van der Waals surface area contributed by atoms with E-state index in [1.807, 2.05) is 12.1 Å². The highest BCUT2D eigenvalue weighted by Crippen LogP contribution is 2.14. The van der Waals surface area contributed by atoms with Crippen LogP contribution < -0.4 is 10.1 Å². The molecule has 1 atom stereocenters. The molecule has 0 unspecified atom stereocenters. The Morgan fingerprint density at radius 3 is 2.25 bits per heavy atom. The number of amides is 1. The number of nitrogens with one attached hydrogen (secondary N) is 1. The van der Waals surface area contributed by atoms with Gasteiger partial charge in [0.05, 0.1) is 26.0 Å². The number of carbonyl (C=O) groups excluding carboxylic acids is 1. The molecule has 1 aromatic carbocycles. The molecule has 1 aromatic rings. The third-order valence-corrected chi connectivity index (χ3v) is 3.41. The lowest BCUT2D eigenvalue weighted by Crippen LogP contribution is -2.43. The molecule has 8 heteroatoms. The predicted octanol–water partition coefficient (Wildman–Crippen LogP) is 2.11. The van der Waals surface area contributed by atoms with E-state index in [1.54, 1.807) is 40.0 Å². The summed E-state index contributed by atoms with van der Waals surface area (Å²) >= 11 is 0. The zero-order valence-electron chi connectivity index (χ0n) is 14.7. The molecular formula is C16H25NO6S. The maximum Gasteiger partial charge on any atom is 0.407 e. The second-order valence-electron chi connectivity index (χ2n) is 6.38. The molecule has 0 aromatic heterocycles. The van der Waals surface area contributed by atoms with Crippen LogP contribution in [0, 0.1) is 0 Å². The molecule has 1 rings (SSSR count). The highest BCUT2D eigenvalue weighted by molar-refractivity contribution is 7.85. The molecule has 136 valence electrons. The molecule has 1 N–H and O–H groups in total. The van der Waals surface area contributed by atoms with Crippen molar-refractivity contribution in [1.29, 1.82) is 0 Å². The van der Waals surface area contributed by atoms with Crippen LogP contribution in [0.15, 0.2) is 24.3 Å². The molecule has 0 spiro atoms. The normalized spacial score (nSPS) is 13.2. The van der Waals surface area contributed by atoms with Crippen molar-refractivity contribution in [1.82, 2.24) is 5.32 Å². The summed E-state index contributed by atoms with van der Waals surface area (Å²) < 4.78 is 37.5. The van der Waals surface area contributed by atoms with Crippen molar-refractivity contribution in [3.05, 3.63) is 29.8 Å². The Hall–Kier alpha value is -1.80. The summed E-state index contributed by atoms with van der Waals surface area (Å²) in [6, 6.07) is 6.70. The zero-order chi connectivity index (χ0) is 18.4. The monoisotopic (exact) mass is 359 g/mol. The molecule has 0 saturated carbocycles. The number of alkyl carbamates (subject to hydrolysis) is 1. The topological polar surface area (TPSA) is 90.9 Å². The van der Waals surface area contributed by atoms with Gasteiger partial charge in [0.15, 0.2) is 0 Å². The van der Waals surface area contributed by atoms with Gasteiger partial charge in [-0.05, 0) is 44.9 Å². The van der Waals surface area contributed by atoms with Gasteiger partial charge in [0.1, 0.15) is 11.4 Å². The van der Waals surface area contributed by atoms with E-state index in [2.05, 4.69) is 5.32 Å². The van der Waals surface area contributed by atoms with E-state index in [1.165, 1.54) is 0 Å². The highest BCUT2D eigenvalue weighted by atomic mass is 32.2. The maximum atomic E-state index is 11.9. The van der Waals surface area contributed by atoms with Crippen LogP contribution in [0.5, 0.6) is 5.75 Å². The van der Waals surface area contributed by atoms with Crippen molar-refractivity contribution in [2.75, 3.05) is 20.0 Å². The molecule has 7 nitrogen and oxygen atoms in total. The van der Waals surface area contributed by atoms with Gasteiger partial charge in [-0.25, -0.2) is 4.79 Å². The molecule has 24 heavy (non-hydrogen) atoms. The summed E-state index contributed by atoms with van der Waals surface area (Å²) in [5.41, 5.74) is 0.251. The fourth-order valence-corrected chi connectivity index (χ4v) is 2.29. The molecular weight excluding hydrogens is 334 g/mol. The van der Waals surface area contributed by atoms with Crippen LogP contribution >= 0.6 is 0 Å². The van der Waals surface area contributed by atoms with E-state index in [0.717, 1.165) is 11.8 Å². The minimum atomic E-state index is -3.61. The van der Waals surface area contributed by atoms with Crippen LogP contribution in [0.2, 0.25) is 0 Å². The number of benzene rings is 1. The first-order valence-corrected chi connectivity index (χ1v) is 9.27. The number of methoxy groups -OCH3 is 1. The lowest BCUT2D eigenvalue weighted by atomic mass is 10.1. The Morgan fingerprint density at radius 1 is 1.21 bits per heavy atom. The molecule has 0 fully saturated rings. The van der Waals surface area contributed by atoms with Crippen LogP contribution in [0.3, 0.4) is 0 Å². The van der Waals surface area contributed by atoms with Crippen LogP contribution in [0.25, 0.3) is 0 Å². The second-order valence-corrected chi connectivity index (χ2v) is 8.03. The van der Waals surface area contributed by atoms with Gasteiger partial charge in [-0.1, -0.05) is 12.1 Å². The quantitative estimate of drug-likeness (QED) is 0.750. The van der Waals surface area contributed by atoms with E-state index in [0.29, 0.717) is 12.2 Å². The summed E-state index contributed by atoms with van der Waals surface area (Å²) in [4.78, 5) is 11.9. The molecule has 0 heterocycles. The average molecular weight is 359 g/mol. The lowest BCUT2D eigenvalue weighted by molar-refractivity contribution is 0.0488. The molecule has 0 bridgehead atoms. The summed E-state index contributed by atoms with van der Waals surface area (Å²) in [6.07, 6.45) is 0.724. The molecule has 0 aliphatic rings. The SMILES string of the molecule is COc1ccc(C[C@@H](COS(C)(=O)=O)NC(=O)OC(C)(C)C)cc1. The predicted molar refractivity (Wildman–Crippen MR) is 90.7 cm³/mol. The number of hydrogen-bond acceptors (Lipinski definition) is 6. The van der Waals surface area contributed by atoms with E-state index >= 15 is 0 Å². The first-order valence-electron chi connectivity index (χ1n) is 7.45. The van der Waals surface area contributed by atoms with Crippen LogP contribution in [0.1, 0.15) is 26.3 Å². The van der Waals surface area contributed by atoms with Crippen molar-refractivity contribution in [2.24, 2.45) is 0 Å². The van der Waals surface area contributed by atoms with Gasteiger partial charge in [-0.15, -0.1) is 0 Å². The standard InChI is InChI=1S/C16H25NO6S/c1-16(2,3)23-15(18)17-13(11-22-24(5,19)20)10-12-6-8-14(21-4)9-7-12/h6-9,13H,10-11H2,1-5H3,(H,17,18)/t13-/m0/s1. The second kappa shape index (κ2) is 8.34. The van der Waals surface area contributed by atoms with Gasteiger partial charge in [-0.3, -0.25) is 4.18 Å². The highest BCUT2D eigenvalue weighted by Gasteiger charge is 2.21. The van der Waals surface area contributed by atoms with E-state index in [9.17, 15) is 13.2 Å². The van der Waals surface area contributed by atoms with Crippen molar-refractivity contribution < 1.29 is 26.9 Å². The van der Waals surface area contributed by atoms with E-state index < -0.39 is 27.9 Å². The summed E-state index contributed by atoms with van der Waals surface area (Å²) in [7, 11) is -2.03. The smallest absolute Gasteiger partial charge is 0.407 e. The summed E-state index contributed by atoms with van der Waals surface area (Å²) in [6.45, 7) is 5.07. The fraction of sp³-hybridized carbons (Fsp3) is 0.562. The zero-order valence-corrected chi connectivity index (χ0v) is 15.5. The Balaban J connectivity index is 2.77. The summed E-state index contributed by atoms with van der Waals surface area (Å²) in [5, 5.41) is 2.64. The third kappa shape index (κ3) is 8.73. The van der Waals surface area contributed by atoms with Gasteiger partial charge in [0.25, 0.3) is 10.1 Å². The average Bonchev–Trinajstić information content (AvgIpc) is 2.42. The van der Waals surface area contributed by atoms with Gasteiger partial charge in [0, 0.05) is 0 Å². The lowest BCUT2D eigenvalue weighted by Gasteiger charge is -2.23. The minimum absolute atomic E-state index is 0.176. The summed E-state index contributed by atoms with van der Waals surface area (Å²) in [5.74, 6) is 0.711. The van der Waals surface area contributed by atoms with Crippen molar-refractivity contribution >= 4 is 16.2 Å². The Kier molecular flexibility index (Phi) is 7.04. The maximum absolute atomic E-state index is 11.9. The first-order chi connectivity index (χ1) is 11.0. The largest absolute Gasteiger partial charge is 0.497 e. The van der Waals surface area contributed by atoms with Gasteiger partial charge in [0.2, 0.25) is 0 Å². The Morgan fingerprint density at radius 2 is 1.79 bits per heavy atom.